The van der Waals surface area contributed by atoms with Crippen LogP contribution >= 0.6 is 11.6 Å². The van der Waals surface area contributed by atoms with Crippen LogP contribution in [-0.4, -0.2) is 25.5 Å². The average Bonchev–Trinajstić information content (AvgIpc) is 2.32. The molecule has 1 aromatic carbocycles. The highest BCUT2D eigenvalue weighted by Gasteiger charge is 2.15. The van der Waals surface area contributed by atoms with E-state index in [-0.39, 0.29) is 29.4 Å². The van der Waals surface area contributed by atoms with Crippen LogP contribution in [0.15, 0.2) is 12.1 Å². The molecule has 7 heteroatoms. The minimum absolute atomic E-state index is 0.0503. The summed E-state index contributed by atoms with van der Waals surface area (Å²) in [5.74, 6) is -0.855. The second-order valence-corrected chi connectivity index (χ2v) is 3.87. The molecule has 104 valence electrons. The number of carbonyl (C=O) groups is 2. The van der Waals surface area contributed by atoms with Crippen LogP contribution in [0.4, 0.5) is 8.78 Å². The predicted molar refractivity (Wildman–Crippen MR) is 63.8 cm³/mol. The quantitative estimate of drug-likeness (QED) is 0.597. The first-order valence-corrected chi connectivity index (χ1v) is 5.73. The van der Waals surface area contributed by atoms with Crippen molar-refractivity contribution in [3.05, 3.63) is 28.3 Å². The summed E-state index contributed by atoms with van der Waals surface area (Å²) >= 11 is 5.84. The molecule has 0 heterocycles. The number of aldehydes is 1. The van der Waals surface area contributed by atoms with E-state index in [2.05, 4.69) is 4.74 Å². The minimum Gasteiger partial charge on any atom is -0.466 e. The van der Waals surface area contributed by atoms with Gasteiger partial charge in [0.25, 0.3) is 0 Å². The number of rotatable bonds is 6. The summed E-state index contributed by atoms with van der Waals surface area (Å²) in [6.45, 7) is -1.20. The molecule has 0 aliphatic heterocycles. The first-order chi connectivity index (χ1) is 8.97. The Morgan fingerprint density at radius 2 is 2.16 bits per heavy atom. The van der Waals surface area contributed by atoms with Crippen molar-refractivity contribution in [2.24, 2.45) is 0 Å². The van der Waals surface area contributed by atoms with Crippen LogP contribution in [0, 0.1) is 0 Å². The number of benzene rings is 1. The van der Waals surface area contributed by atoms with E-state index in [9.17, 15) is 18.4 Å². The van der Waals surface area contributed by atoms with E-state index in [4.69, 9.17) is 16.3 Å². The third-order valence-electron chi connectivity index (χ3n) is 2.16. The van der Waals surface area contributed by atoms with Crippen LogP contribution in [-0.2, 0) is 16.0 Å². The molecule has 0 aliphatic rings. The second kappa shape index (κ2) is 7.04. The van der Waals surface area contributed by atoms with Gasteiger partial charge < -0.3 is 9.47 Å². The van der Waals surface area contributed by atoms with Gasteiger partial charge in [-0.3, -0.25) is 9.59 Å². The molecule has 4 nitrogen and oxygen atoms in total. The van der Waals surface area contributed by atoms with Gasteiger partial charge in [-0.25, -0.2) is 0 Å². The SMILES string of the molecule is CCOC(=O)Cc1cc(C=O)c(OC(F)F)cc1Cl. The molecule has 1 rings (SSSR count). The van der Waals surface area contributed by atoms with Gasteiger partial charge in [-0.15, -0.1) is 0 Å². The highest BCUT2D eigenvalue weighted by molar-refractivity contribution is 6.31. The van der Waals surface area contributed by atoms with Gasteiger partial charge >= 0.3 is 12.6 Å². The zero-order valence-corrected chi connectivity index (χ0v) is 10.7. The van der Waals surface area contributed by atoms with Crippen molar-refractivity contribution < 1.29 is 27.8 Å². The van der Waals surface area contributed by atoms with Crippen molar-refractivity contribution in [1.29, 1.82) is 0 Å². The number of carbonyl (C=O) groups excluding carboxylic acids is 2. The standard InChI is InChI=1S/C12H11ClF2O4/c1-2-18-11(17)4-7-3-8(6-16)10(5-9(7)13)19-12(14)15/h3,5-6,12H,2,4H2,1H3. The van der Waals surface area contributed by atoms with Gasteiger partial charge in [-0.2, -0.15) is 8.78 Å². The summed E-state index contributed by atoms with van der Waals surface area (Å²) in [5, 5.41) is 0.0503. The molecule has 0 aromatic heterocycles. The molecule has 0 amide bonds. The van der Waals surface area contributed by atoms with E-state index in [1.54, 1.807) is 6.92 Å². The highest BCUT2D eigenvalue weighted by atomic mass is 35.5. The molecule has 0 fully saturated rings. The van der Waals surface area contributed by atoms with Crippen molar-refractivity contribution in [2.75, 3.05) is 6.61 Å². The van der Waals surface area contributed by atoms with Gasteiger partial charge in [-0.1, -0.05) is 11.6 Å². The fourth-order valence-corrected chi connectivity index (χ4v) is 1.63. The first-order valence-electron chi connectivity index (χ1n) is 5.36. The highest BCUT2D eigenvalue weighted by Crippen LogP contribution is 2.28. The van der Waals surface area contributed by atoms with Gasteiger partial charge in [0.2, 0.25) is 0 Å². The fraction of sp³-hybridized carbons (Fsp3) is 0.333. The van der Waals surface area contributed by atoms with Crippen LogP contribution in [0.25, 0.3) is 0 Å². The summed E-state index contributed by atoms with van der Waals surface area (Å²) in [4.78, 5) is 22.1. The maximum atomic E-state index is 12.1. The monoisotopic (exact) mass is 292 g/mol. The largest absolute Gasteiger partial charge is 0.466 e. The van der Waals surface area contributed by atoms with Gasteiger partial charge in [-0.05, 0) is 18.6 Å². The van der Waals surface area contributed by atoms with Crippen molar-refractivity contribution >= 4 is 23.9 Å². The second-order valence-electron chi connectivity index (χ2n) is 3.46. The normalized spacial score (nSPS) is 10.4. The molecular formula is C12H11ClF2O4. The van der Waals surface area contributed by atoms with Crippen LogP contribution in [0.2, 0.25) is 5.02 Å². The number of hydrogen-bond donors (Lipinski definition) is 0. The van der Waals surface area contributed by atoms with E-state index < -0.39 is 12.6 Å². The van der Waals surface area contributed by atoms with E-state index in [1.807, 2.05) is 0 Å². The smallest absolute Gasteiger partial charge is 0.387 e. The molecule has 0 spiro atoms. The van der Waals surface area contributed by atoms with Crippen molar-refractivity contribution in [3.8, 4) is 5.75 Å². The zero-order valence-electron chi connectivity index (χ0n) is 9.99. The Kier molecular flexibility index (Phi) is 5.69. The molecule has 0 atom stereocenters. The lowest BCUT2D eigenvalue weighted by atomic mass is 10.1. The molecular weight excluding hydrogens is 282 g/mol. The lowest BCUT2D eigenvalue weighted by Crippen LogP contribution is -2.09. The van der Waals surface area contributed by atoms with E-state index in [0.29, 0.717) is 11.8 Å². The Morgan fingerprint density at radius 3 is 2.68 bits per heavy atom. The maximum absolute atomic E-state index is 12.1. The number of alkyl halides is 2. The first kappa shape index (κ1) is 15.4. The lowest BCUT2D eigenvalue weighted by Gasteiger charge is -2.10. The van der Waals surface area contributed by atoms with Crippen molar-refractivity contribution in [2.45, 2.75) is 20.0 Å². The molecule has 1 aromatic rings. The summed E-state index contributed by atoms with van der Waals surface area (Å²) < 4.78 is 33.1. The number of hydrogen-bond acceptors (Lipinski definition) is 4. The molecule has 0 radical (unpaired) electrons. The Bertz CT molecular complexity index is 477. The topological polar surface area (TPSA) is 52.6 Å². The van der Waals surface area contributed by atoms with Crippen molar-refractivity contribution in [3.63, 3.8) is 0 Å². The third-order valence-corrected chi connectivity index (χ3v) is 2.51. The molecule has 0 saturated heterocycles. The molecule has 0 bridgehead atoms. The maximum Gasteiger partial charge on any atom is 0.387 e. The summed E-state index contributed by atoms with van der Waals surface area (Å²) in [6.07, 6.45) is 0.200. The Morgan fingerprint density at radius 1 is 1.47 bits per heavy atom. The Balaban J connectivity index is 3.02. The third kappa shape index (κ3) is 4.48. The Labute approximate surface area is 113 Å². The molecule has 0 saturated carbocycles. The molecule has 0 aliphatic carbocycles. The molecule has 0 N–H and O–H groups in total. The number of esters is 1. The summed E-state index contributed by atoms with van der Waals surface area (Å²) in [6, 6.07) is 2.30. The predicted octanol–water partition coefficient (Wildman–Crippen LogP) is 2.86. The van der Waals surface area contributed by atoms with E-state index >= 15 is 0 Å². The number of halogens is 3. The van der Waals surface area contributed by atoms with Gasteiger partial charge in [0.15, 0.2) is 6.29 Å². The molecule has 0 unspecified atom stereocenters. The van der Waals surface area contributed by atoms with Gasteiger partial charge in [0.05, 0.1) is 18.6 Å². The van der Waals surface area contributed by atoms with Gasteiger partial charge in [0.1, 0.15) is 5.75 Å². The zero-order chi connectivity index (χ0) is 14.4. The fourth-order valence-electron chi connectivity index (χ4n) is 1.41. The van der Waals surface area contributed by atoms with Gasteiger partial charge in [0, 0.05) is 11.1 Å². The van der Waals surface area contributed by atoms with Crippen LogP contribution < -0.4 is 4.74 Å². The van der Waals surface area contributed by atoms with Crippen LogP contribution in [0.3, 0.4) is 0 Å². The van der Waals surface area contributed by atoms with Crippen molar-refractivity contribution in [1.82, 2.24) is 0 Å². The van der Waals surface area contributed by atoms with E-state index in [1.165, 1.54) is 6.07 Å². The van der Waals surface area contributed by atoms with E-state index in [0.717, 1.165) is 6.07 Å². The lowest BCUT2D eigenvalue weighted by molar-refractivity contribution is -0.142. The Hall–Kier alpha value is -1.69. The average molecular weight is 293 g/mol. The summed E-state index contributed by atoms with van der Waals surface area (Å²) in [7, 11) is 0. The number of ether oxygens (including phenoxy) is 2. The molecule has 19 heavy (non-hydrogen) atoms. The minimum atomic E-state index is -3.06. The van der Waals surface area contributed by atoms with Crippen LogP contribution in [0.5, 0.6) is 5.75 Å². The summed E-state index contributed by atoms with van der Waals surface area (Å²) in [5.41, 5.74) is 0.202. The van der Waals surface area contributed by atoms with Crippen LogP contribution in [0.1, 0.15) is 22.8 Å².